The van der Waals surface area contributed by atoms with Crippen LogP contribution in [0, 0.1) is 25.2 Å². The number of hydrogen-bond acceptors (Lipinski definition) is 0. The third-order valence-corrected chi connectivity index (χ3v) is 10.9. The van der Waals surface area contributed by atoms with Gasteiger partial charge in [-0.15, -0.1) is 0 Å². The molecule has 0 spiro atoms. The highest BCUT2D eigenvalue weighted by Gasteiger charge is 2.46. The van der Waals surface area contributed by atoms with Gasteiger partial charge in [-0.25, -0.2) is 0 Å². The van der Waals surface area contributed by atoms with Gasteiger partial charge in [0.15, 0.2) is 0 Å². The van der Waals surface area contributed by atoms with Gasteiger partial charge in [0.1, 0.15) is 0 Å². The Morgan fingerprint density at radius 3 is 2.17 bits per heavy atom. The zero-order chi connectivity index (χ0) is 21.4. The molecule has 1 aromatic rings. The quantitative estimate of drug-likeness (QED) is 0.452. The summed E-state index contributed by atoms with van der Waals surface area (Å²) in [6, 6.07) is 7.29. The summed E-state index contributed by atoms with van der Waals surface area (Å²) in [5.41, 5.74) is 7.94. The van der Waals surface area contributed by atoms with Crippen LogP contribution in [0.3, 0.4) is 0 Å². The zero-order valence-corrected chi connectivity index (χ0v) is 21.3. The Labute approximate surface area is 187 Å². The van der Waals surface area contributed by atoms with Crippen molar-refractivity contribution in [2.24, 2.45) is 11.3 Å². The van der Waals surface area contributed by atoms with Gasteiger partial charge in [-0.05, 0) is 77.2 Å². The van der Waals surface area contributed by atoms with Crippen LogP contribution in [0.15, 0.2) is 65.3 Å². The summed E-state index contributed by atoms with van der Waals surface area (Å²) in [4.78, 5) is 0. The van der Waals surface area contributed by atoms with E-state index in [2.05, 4.69) is 83.2 Å². The van der Waals surface area contributed by atoms with Crippen LogP contribution < -0.4 is 5.19 Å². The Balaban J connectivity index is 1.76. The molecule has 0 nitrogen and oxygen atoms in total. The molecular formula is C29H40Si. The fourth-order valence-electron chi connectivity index (χ4n) is 6.79. The van der Waals surface area contributed by atoms with Crippen molar-refractivity contribution in [3.8, 4) is 0 Å². The van der Waals surface area contributed by atoms with Gasteiger partial charge in [-0.2, -0.15) is 0 Å². The maximum absolute atomic E-state index is 2.71. The lowest BCUT2D eigenvalue weighted by molar-refractivity contribution is 0.151. The van der Waals surface area contributed by atoms with Crippen molar-refractivity contribution in [2.75, 3.05) is 0 Å². The number of allylic oxidation sites excluding steroid dienone is 8. The molecule has 3 aliphatic carbocycles. The van der Waals surface area contributed by atoms with E-state index in [9.17, 15) is 0 Å². The molecule has 2 unspecified atom stereocenters. The van der Waals surface area contributed by atoms with Crippen LogP contribution in [0.4, 0.5) is 0 Å². The fourth-order valence-corrected chi connectivity index (χ4v) is 9.90. The molecule has 30 heavy (non-hydrogen) atoms. The Kier molecular flexibility index (Phi) is 6.12. The lowest BCUT2D eigenvalue weighted by atomic mass is 9.61. The van der Waals surface area contributed by atoms with Crippen molar-refractivity contribution >= 4 is 14.7 Å². The minimum Gasteiger partial charge on any atom is -0.0837 e. The van der Waals surface area contributed by atoms with Gasteiger partial charge < -0.3 is 0 Å². The molecule has 2 atom stereocenters. The van der Waals surface area contributed by atoms with Crippen LogP contribution >= 0.6 is 0 Å². The Morgan fingerprint density at radius 2 is 1.60 bits per heavy atom. The van der Waals surface area contributed by atoms with Gasteiger partial charge in [0.25, 0.3) is 0 Å². The lowest BCUT2D eigenvalue weighted by Crippen LogP contribution is -2.39. The van der Waals surface area contributed by atoms with E-state index in [0.29, 0.717) is 5.41 Å². The molecule has 160 valence electrons. The molecule has 3 aliphatic rings. The molecule has 4 rings (SSSR count). The SMILES string of the molecule is CC1=CC(CC2(C3CCCCC3)C=CC=CC2)([SiH2]c2cc(C)cc(C)c2)C(C)=C1C. The molecule has 0 N–H and O–H groups in total. The van der Waals surface area contributed by atoms with Crippen molar-refractivity contribution in [1.29, 1.82) is 0 Å². The van der Waals surface area contributed by atoms with E-state index in [1.807, 2.05) is 0 Å². The summed E-state index contributed by atoms with van der Waals surface area (Å²) >= 11 is 0. The highest BCUT2D eigenvalue weighted by atomic mass is 28.2. The molecule has 1 fully saturated rings. The van der Waals surface area contributed by atoms with Gasteiger partial charge in [0.05, 0.1) is 9.52 Å². The number of benzene rings is 1. The average molecular weight is 417 g/mol. The first kappa shape index (κ1) is 21.6. The molecule has 0 aromatic heterocycles. The molecule has 1 aromatic carbocycles. The van der Waals surface area contributed by atoms with E-state index in [1.54, 1.807) is 16.3 Å². The van der Waals surface area contributed by atoms with Crippen molar-refractivity contribution in [3.63, 3.8) is 0 Å². The Bertz CT molecular complexity index is 901. The Hall–Kier alpha value is -1.60. The van der Waals surface area contributed by atoms with Crippen LogP contribution in [-0.4, -0.2) is 9.52 Å². The topological polar surface area (TPSA) is 0 Å². The second-order valence-electron chi connectivity index (χ2n) is 10.6. The number of hydrogen-bond donors (Lipinski definition) is 0. The highest BCUT2D eigenvalue weighted by Crippen LogP contribution is 2.58. The minimum atomic E-state index is -0.505. The predicted molar refractivity (Wildman–Crippen MR) is 135 cm³/mol. The maximum Gasteiger partial charge on any atom is 0.0706 e. The molecule has 0 bridgehead atoms. The van der Waals surface area contributed by atoms with Crippen molar-refractivity contribution in [1.82, 2.24) is 0 Å². The van der Waals surface area contributed by atoms with E-state index in [4.69, 9.17) is 0 Å². The zero-order valence-electron chi connectivity index (χ0n) is 19.9. The largest absolute Gasteiger partial charge is 0.0837 e. The summed E-state index contributed by atoms with van der Waals surface area (Å²) < 4.78 is 0. The maximum atomic E-state index is 2.71. The van der Waals surface area contributed by atoms with E-state index in [0.717, 1.165) is 5.92 Å². The molecule has 0 amide bonds. The predicted octanol–water partition coefficient (Wildman–Crippen LogP) is 7.03. The van der Waals surface area contributed by atoms with Crippen LogP contribution in [0.2, 0.25) is 5.04 Å². The summed E-state index contributed by atoms with van der Waals surface area (Å²) in [6.45, 7) is 11.7. The number of rotatable bonds is 5. The van der Waals surface area contributed by atoms with Gasteiger partial charge in [-0.1, -0.05) is 95.3 Å². The third-order valence-electron chi connectivity index (χ3n) is 8.43. The molecular weight excluding hydrogens is 376 g/mol. The molecule has 0 heterocycles. The fraction of sp³-hybridized carbons (Fsp3) is 0.517. The van der Waals surface area contributed by atoms with Crippen molar-refractivity contribution in [3.05, 3.63) is 76.4 Å². The summed E-state index contributed by atoms with van der Waals surface area (Å²) in [6.07, 6.45) is 22.1. The summed E-state index contributed by atoms with van der Waals surface area (Å²) in [5.74, 6) is 0.847. The number of aryl methyl sites for hydroxylation is 2. The first-order valence-electron chi connectivity index (χ1n) is 12.1. The minimum absolute atomic E-state index is 0.279. The second kappa shape index (κ2) is 8.50. The van der Waals surface area contributed by atoms with Crippen LogP contribution in [0.25, 0.3) is 0 Å². The summed E-state index contributed by atoms with van der Waals surface area (Å²) in [5, 5.41) is 1.92. The van der Waals surface area contributed by atoms with E-state index in [-0.39, 0.29) is 5.04 Å². The average Bonchev–Trinajstić information content (AvgIpc) is 2.92. The lowest BCUT2D eigenvalue weighted by Gasteiger charge is -2.47. The van der Waals surface area contributed by atoms with Crippen LogP contribution in [0.1, 0.15) is 76.8 Å². The second-order valence-corrected chi connectivity index (χ2v) is 13.1. The van der Waals surface area contributed by atoms with Gasteiger partial charge >= 0.3 is 0 Å². The smallest absolute Gasteiger partial charge is 0.0706 e. The monoisotopic (exact) mass is 416 g/mol. The Morgan fingerprint density at radius 1 is 0.900 bits per heavy atom. The van der Waals surface area contributed by atoms with E-state index >= 15 is 0 Å². The normalized spacial score (nSPS) is 30.0. The standard InChI is InChI=1S/C29H40Si/c1-21-16-22(2)18-27(17-21)30-29(19-23(3)24(4)25(29)5)20-28(14-10-7-11-15-28)26-12-8-6-9-13-26/h7,10-11,14,16-19,26H,6,8-9,12-13,15,20,30H2,1-5H3. The van der Waals surface area contributed by atoms with E-state index < -0.39 is 9.52 Å². The van der Waals surface area contributed by atoms with Crippen LogP contribution in [0.5, 0.6) is 0 Å². The van der Waals surface area contributed by atoms with Crippen molar-refractivity contribution < 1.29 is 0 Å². The first-order chi connectivity index (χ1) is 14.3. The summed E-state index contributed by atoms with van der Waals surface area (Å²) in [7, 11) is -0.505. The third kappa shape index (κ3) is 4.11. The molecule has 0 saturated heterocycles. The molecule has 0 aliphatic heterocycles. The van der Waals surface area contributed by atoms with Gasteiger partial charge in [0.2, 0.25) is 0 Å². The van der Waals surface area contributed by atoms with E-state index in [1.165, 1.54) is 61.6 Å². The van der Waals surface area contributed by atoms with Crippen LogP contribution in [-0.2, 0) is 0 Å². The van der Waals surface area contributed by atoms with Gasteiger partial charge in [0, 0.05) is 5.04 Å². The highest BCUT2D eigenvalue weighted by molar-refractivity contribution is 6.58. The molecule has 0 radical (unpaired) electrons. The molecule has 1 saturated carbocycles. The first-order valence-corrected chi connectivity index (χ1v) is 13.5. The molecule has 1 heteroatoms. The van der Waals surface area contributed by atoms with Crippen molar-refractivity contribution in [2.45, 2.75) is 84.6 Å². The van der Waals surface area contributed by atoms with Gasteiger partial charge in [-0.3, -0.25) is 0 Å².